The number of hydrogen-bond acceptors (Lipinski definition) is 4. The summed E-state index contributed by atoms with van der Waals surface area (Å²) in [6.07, 6.45) is 0. The van der Waals surface area contributed by atoms with Gasteiger partial charge in [0.15, 0.2) is 0 Å². The highest BCUT2D eigenvalue weighted by Crippen LogP contribution is 2.56. The number of ether oxygens (including phenoxy) is 2. The Labute approximate surface area is 175 Å². The van der Waals surface area contributed by atoms with E-state index >= 15 is 0 Å². The zero-order valence-electron chi connectivity index (χ0n) is 16.4. The molecule has 3 aromatic rings. The molecule has 1 amide bonds. The number of methoxy groups -OCH3 is 1. The minimum absolute atomic E-state index is 0.0489. The van der Waals surface area contributed by atoms with Gasteiger partial charge in [0.2, 0.25) is 4.93 Å². The van der Waals surface area contributed by atoms with E-state index in [2.05, 4.69) is 0 Å². The van der Waals surface area contributed by atoms with Gasteiger partial charge in [0, 0.05) is 17.2 Å². The second-order valence-electron chi connectivity index (χ2n) is 6.70. The van der Waals surface area contributed by atoms with E-state index < -0.39 is 4.93 Å². The third-order valence-electron chi connectivity index (χ3n) is 4.97. The molecule has 0 aliphatic carbocycles. The van der Waals surface area contributed by atoms with Crippen molar-refractivity contribution in [1.29, 1.82) is 0 Å². The Kier molecular flexibility index (Phi) is 5.60. The Bertz CT molecular complexity index is 962. The van der Waals surface area contributed by atoms with Crippen LogP contribution >= 0.6 is 11.8 Å². The first-order valence-electron chi connectivity index (χ1n) is 9.60. The van der Waals surface area contributed by atoms with Crippen molar-refractivity contribution in [2.45, 2.75) is 22.8 Å². The van der Waals surface area contributed by atoms with Crippen LogP contribution in [0.15, 0.2) is 89.8 Å². The molecule has 148 valence electrons. The average molecular weight is 406 g/mol. The molecule has 2 atom stereocenters. The second-order valence-corrected chi connectivity index (χ2v) is 7.98. The van der Waals surface area contributed by atoms with Crippen LogP contribution in [0.2, 0.25) is 0 Å². The molecule has 4 nitrogen and oxygen atoms in total. The monoisotopic (exact) mass is 405 g/mol. The number of rotatable bonds is 7. The smallest absolute Gasteiger partial charge is 0.273 e. The van der Waals surface area contributed by atoms with Crippen molar-refractivity contribution in [3.63, 3.8) is 0 Å². The van der Waals surface area contributed by atoms with Gasteiger partial charge in [0.1, 0.15) is 11.8 Å². The molecule has 0 saturated carbocycles. The molecule has 5 heteroatoms. The zero-order valence-corrected chi connectivity index (χ0v) is 17.3. The van der Waals surface area contributed by atoms with Gasteiger partial charge in [-0.2, -0.15) is 0 Å². The van der Waals surface area contributed by atoms with Crippen molar-refractivity contribution in [3.05, 3.63) is 90.5 Å². The number of thioether (sulfide) groups is 1. The second kappa shape index (κ2) is 8.31. The summed E-state index contributed by atoms with van der Waals surface area (Å²) in [6, 6.07) is 27.3. The molecular formula is C24H23NO3S. The number of benzene rings is 3. The molecule has 0 aromatic heterocycles. The van der Waals surface area contributed by atoms with Gasteiger partial charge in [-0.25, -0.2) is 0 Å². The van der Waals surface area contributed by atoms with Gasteiger partial charge < -0.3 is 9.47 Å². The van der Waals surface area contributed by atoms with E-state index in [0.29, 0.717) is 6.61 Å². The number of amides is 1. The summed E-state index contributed by atoms with van der Waals surface area (Å²) in [5, 5.41) is 0. The molecular weight excluding hydrogens is 382 g/mol. The van der Waals surface area contributed by atoms with Gasteiger partial charge in [-0.3, -0.25) is 9.69 Å². The number of carbonyl (C=O) groups excluding carboxylic acids is 1. The maximum atomic E-state index is 13.6. The lowest BCUT2D eigenvalue weighted by molar-refractivity contribution is -0.147. The number of nitrogens with zero attached hydrogens (tertiary/aromatic N) is 1. The van der Waals surface area contributed by atoms with Gasteiger partial charge in [-0.1, -0.05) is 60.3 Å². The van der Waals surface area contributed by atoms with Gasteiger partial charge in [0.25, 0.3) is 5.91 Å². The van der Waals surface area contributed by atoms with E-state index in [9.17, 15) is 4.79 Å². The topological polar surface area (TPSA) is 38.8 Å². The summed E-state index contributed by atoms with van der Waals surface area (Å²) in [6.45, 7) is 2.38. The Morgan fingerprint density at radius 2 is 1.55 bits per heavy atom. The summed E-state index contributed by atoms with van der Waals surface area (Å²) in [5.74, 6) is 0.708. The third-order valence-corrected chi connectivity index (χ3v) is 6.30. The fraction of sp³-hybridized carbons (Fsp3) is 0.208. The number of carbonyl (C=O) groups is 1. The van der Waals surface area contributed by atoms with Crippen molar-refractivity contribution in [2.24, 2.45) is 0 Å². The van der Waals surface area contributed by atoms with Gasteiger partial charge in [-0.15, -0.1) is 0 Å². The summed E-state index contributed by atoms with van der Waals surface area (Å²) in [5.41, 5.74) is 1.87. The maximum absolute atomic E-state index is 13.6. The Balaban J connectivity index is 1.78. The minimum atomic E-state index is -1.00. The van der Waals surface area contributed by atoms with Gasteiger partial charge in [0.05, 0.1) is 7.11 Å². The fourth-order valence-electron chi connectivity index (χ4n) is 3.67. The lowest BCUT2D eigenvalue weighted by atomic mass is 9.89. The molecule has 4 rings (SSSR count). The van der Waals surface area contributed by atoms with Crippen molar-refractivity contribution < 1.29 is 14.3 Å². The largest absolute Gasteiger partial charge is 0.497 e. The summed E-state index contributed by atoms with van der Waals surface area (Å²) >= 11 is 1.48. The zero-order chi connectivity index (χ0) is 20.3. The Morgan fingerprint density at radius 1 is 0.931 bits per heavy atom. The van der Waals surface area contributed by atoms with Gasteiger partial charge >= 0.3 is 0 Å². The van der Waals surface area contributed by atoms with Crippen molar-refractivity contribution in [3.8, 4) is 5.75 Å². The van der Waals surface area contributed by atoms with Crippen LogP contribution in [-0.2, 0) is 9.53 Å². The van der Waals surface area contributed by atoms with E-state index in [1.807, 2.05) is 96.8 Å². The molecule has 1 saturated heterocycles. The molecule has 1 aliphatic rings. The number of hydrogen-bond donors (Lipinski definition) is 0. The highest BCUT2D eigenvalue weighted by Gasteiger charge is 2.64. The molecule has 0 bridgehead atoms. The maximum Gasteiger partial charge on any atom is 0.273 e. The van der Waals surface area contributed by atoms with E-state index in [1.165, 1.54) is 11.8 Å². The lowest BCUT2D eigenvalue weighted by Crippen LogP contribution is -2.68. The van der Waals surface area contributed by atoms with Crippen LogP contribution < -0.4 is 9.64 Å². The summed E-state index contributed by atoms with van der Waals surface area (Å²) in [4.78, 5) is 15.4. The van der Waals surface area contributed by atoms with E-state index in [-0.39, 0.29) is 11.9 Å². The predicted octanol–water partition coefficient (Wildman–Crippen LogP) is 5.31. The van der Waals surface area contributed by atoms with Crippen molar-refractivity contribution in [1.82, 2.24) is 0 Å². The standard InChI is InChI=1S/C24H23NO3S/c1-3-28-24(29-21-12-8-5-9-13-21)22(18-10-6-4-7-11-18)25(23(24)26)19-14-16-20(27-2)17-15-19/h4-17,22H,3H2,1-2H3/t22-,24-/m1/s1. The van der Waals surface area contributed by atoms with Crippen LogP contribution in [0.4, 0.5) is 5.69 Å². The van der Waals surface area contributed by atoms with Gasteiger partial charge in [-0.05, 0) is 48.9 Å². The molecule has 0 radical (unpaired) electrons. The first kappa shape index (κ1) is 19.6. The number of anilines is 1. The molecule has 3 aromatic carbocycles. The predicted molar refractivity (Wildman–Crippen MR) is 116 cm³/mol. The molecule has 0 spiro atoms. The minimum Gasteiger partial charge on any atom is -0.497 e. The molecule has 1 fully saturated rings. The van der Waals surface area contributed by atoms with Crippen LogP contribution in [0.5, 0.6) is 5.75 Å². The highest BCUT2D eigenvalue weighted by atomic mass is 32.2. The van der Waals surface area contributed by atoms with E-state index in [0.717, 1.165) is 21.9 Å². The number of β-lactam (4-membered cyclic amide) rings is 1. The SMILES string of the molecule is CCO[C@]1(Sc2ccccc2)C(=O)N(c2ccc(OC)cc2)[C@@H]1c1ccccc1. The quantitative estimate of drug-likeness (QED) is 0.395. The lowest BCUT2D eigenvalue weighted by Gasteiger charge is -2.54. The Morgan fingerprint density at radius 3 is 2.14 bits per heavy atom. The van der Waals surface area contributed by atoms with Crippen LogP contribution in [0, 0.1) is 0 Å². The average Bonchev–Trinajstić information content (AvgIpc) is 2.78. The molecule has 29 heavy (non-hydrogen) atoms. The van der Waals surface area contributed by atoms with E-state index in [1.54, 1.807) is 7.11 Å². The summed E-state index contributed by atoms with van der Waals surface area (Å²) < 4.78 is 11.5. The van der Waals surface area contributed by atoms with Crippen LogP contribution in [-0.4, -0.2) is 24.6 Å². The molecule has 0 N–H and O–H groups in total. The first-order valence-corrected chi connectivity index (χ1v) is 10.4. The normalized spacial score (nSPS) is 21.0. The summed E-state index contributed by atoms with van der Waals surface area (Å²) in [7, 11) is 1.63. The van der Waals surface area contributed by atoms with Crippen LogP contribution in [0.3, 0.4) is 0 Å². The first-order chi connectivity index (χ1) is 14.2. The van der Waals surface area contributed by atoms with Crippen LogP contribution in [0.1, 0.15) is 18.5 Å². The van der Waals surface area contributed by atoms with Crippen molar-refractivity contribution >= 4 is 23.4 Å². The van der Waals surface area contributed by atoms with Crippen molar-refractivity contribution in [2.75, 3.05) is 18.6 Å². The highest BCUT2D eigenvalue weighted by molar-refractivity contribution is 8.01. The Hall–Kier alpha value is -2.76. The third kappa shape index (κ3) is 3.52. The van der Waals surface area contributed by atoms with E-state index in [4.69, 9.17) is 9.47 Å². The molecule has 1 heterocycles. The fourth-order valence-corrected chi connectivity index (χ4v) is 5.03. The molecule has 0 unspecified atom stereocenters. The van der Waals surface area contributed by atoms with Crippen LogP contribution in [0.25, 0.3) is 0 Å². The molecule has 1 aliphatic heterocycles.